The van der Waals surface area contributed by atoms with Crippen molar-refractivity contribution < 1.29 is 17.9 Å². The second-order valence-electron chi connectivity index (χ2n) is 6.31. The van der Waals surface area contributed by atoms with Gasteiger partial charge in [0.2, 0.25) is 15.9 Å². The molecule has 28 heavy (non-hydrogen) atoms. The number of fused-ring (bicyclic) bond motifs is 1. The molecule has 3 N–H and O–H groups in total. The summed E-state index contributed by atoms with van der Waals surface area (Å²) in [7, 11) is -3.70. The highest BCUT2D eigenvalue weighted by molar-refractivity contribution is 7.89. The van der Waals surface area contributed by atoms with E-state index >= 15 is 0 Å². The molecule has 2 aromatic carbocycles. The lowest BCUT2D eigenvalue weighted by Gasteiger charge is -2.11. The van der Waals surface area contributed by atoms with Crippen molar-refractivity contribution in [3.8, 4) is 5.75 Å². The van der Waals surface area contributed by atoms with Crippen LogP contribution in [0.4, 0.5) is 0 Å². The van der Waals surface area contributed by atoms with Gasteiger partial charge in [-0.1, -0.05) is 18.2 Å². The number of aromatic nitrogens is 1. The zero-order valence-corrected chi connectivity index (χ0v) is 16.2. The van der Waals surface area contributed by atoms with Gasteiger partial charge in [-0.05, 0) is 43.3 Å². The summed E-state index contributed by atoms with van der Waals surface area (Å²) in [5.41, 5.74) is 7.83. The number of sulfonamides is 1. The van der Waals surface area contributed by atoms with E-state index in [2.05, 4.69) is 9.71 Å². The molecule has 0 bridgehead atoms. The molecule has 0 aliphatic carbocycles. The van der Waals surface area contributed by atoms with Crippen LogP contribution in [0.2, 0.25) is 0 Å². The van der Waals surface area contributed by atoms with E-state index in [4.69, 9.17) is 10.5 Å². The summed E-state index contributed by atoms with van der Waals surface area (Å²) in [6.07, 6.45) is -0.0558. The lowest BCUT2D eigenvalue weighted by atomic mass is 10.1. The van der Waals surface area contributed by atoms with E-state index in [1.165, 1.54) is 12.1 Å². The fourth-order valence-electron chi connectivity index (χ4n) is 2.78. The lowest BCUT2D eigenvalue weighted by molar-refractivity contribution is -0.117. The van der Waals surface area contributed by atoms with E-state index in [1.54, 1.807) is 12.1 Å². The smallest absolute Gasteiger partial charge is 0.240 e. The minimum absolute atomic E-state index is 0.0373. The molecule has 3 rings (SSSR count). The number of pyridine rings is 1. The van der Waals surface area contributed by atoms with Gasteiger partial charge in [-0.15, -0.1) is 0 Å². The van der Waals surface area contributed by atoms with E-state index in [-0.39, 0.29) is 17.9 Å². The number of aryl methyl sites for hydroxylation is 1. The zero-order valence-electron chi connectivity index (χ0n) is 15.4. The number of rotatable bonds is 8. The molecule has 0 aliphatic heterocycles. The average Bonchev–Trinajstić information content (AvgIpc) is 2.66. The van der Waals surface area contributed by atoms with Crippen LogP contribution in [0.3, 0.4) is 0 Å². The summed E-state index contributed by atoms with van der Waals surface area (Å²) in [6, 6.07) is 15.9. The Bertz CT molecular complexity index is 1100. The predicted molar refractivity (Wildman–Crippen MR) is 106 cm³/mol. The monoisotopic (exact) mass is 399 g/mol. The third-order valence-electron chi connectivity index (χ3n) is 4.12. The largest absolute Gasteiger partial charge is 0.489 e. The molecule has 0 spiro atoms. The SMILES string of the molecule is Cc1cc(COc2ccc(S(=O)(=O)NCCC(N)=O)cc2)c2ccccc2n1. The molecule has 0 radical (unpaired) electrons. The Morgan fingerprint density at radius 3 is 2.57 bits per heavy atom. The van der Waals surface area contributed by atoms with Gasteiger partial charge in [0.25, 0.3) is 0 Å². The number of nitrogens with zero attached hydrogens (tertiary/aromatic N) is 1. The van der Waals surface area contributed by atoms with Gasteiger partial charge in [-0.3, -0.25) is 9.78 Å². The van der Waals surface area contributed by atoms with Gasteiger partial charge in [0, 0.05) is 29.6 Å². The topological polar surface area (TPSA) is 111 Å². The van der Waals surface area contributed by atoms with Crippen molar-refractivity contribution in [2.45, 2.75) is 24.8 Å². The number of nitrogens with two attached hydrogens (primary N) is 1. The molecule has 0 unspecified atom stereocenters. The van der Waals surface area contributed by atoms with Gasteiger partial charge in [0.05, 0.1) is 10.4 Å². The maximum atomic E-state index is 12.2. The highest BCUT2D eigenvalue weighted by atomic mass is 32.2. The number of hydrogen-bond acceptors (Lipinski definition) is 5. The number of para-hydroxylation sites is 1. The van der Waals surface area contributed by atoms with Gasteiger partial charge in [-0.25, -0.2) is 13.1 Å². The van der Waals surface area contributed by atoms with Crippen LogP contribution in [0.1, 0.15) is 17.7 Å². The van der Waals surface area contributed by atoms with Crippen LogP contribution >= 0.6 is 0 Å². The van der Waals surface area contributed by atoms with Crippen LogP contribution in [-0.4, -0.2) is 25.9 Å². The molecule has 146 valence electrons. The molecular formula is C20H21N3O4S. The van der Waals surface area contributed by atoms with Crippen LogP contribution in [0.5, 0.6) is 5.75 Å². The van der Waals surface area contributed by atoms with Gasteiger partial charge in [0.15, 0.2) is 0 Å². The fraction of sp³-hybridized carbons (Fsp3) is 0.200. The van der Waals surface area contributed by atoms with Crippen LogP contribution in [0.25, 0.3) is 10.9 Å². The molecule has 7 nitrogen and oxygen atoms in total. The number of hydrogen-bond donors (Lipinski definition) is 2. The van der Waals surface area contributed by atoms with E-state index in [1.807, 2.05) is 37.3 Å². The number of nitrogens with one attached hydrogen (secondary N) is 1. The standard InChI is InChI=1S/C20H21N3O4S/c1-14-12-15(18-4-2-3-5-19(18)23-14)13-27-16-6-8-17(9-7-16)28(25,26)22-11-10-20(21)24/h2-9,12,22H,10-11,13H2,1H3,(H2,21,24). The molecule has 0 fully saturated rings. The van der Waals surface area contributed by atoms with Crippen molar-refractivity contribution in [2.24, 2.45) is 5.73 Å². The molecule has 0 saturated heterocycles. The van der Waals surface area contributed by atoms with Gasteiger partial charge < -0.3 is 10.5 Å². The van der Waals surface area contributed by atoms with E-state index in [0.29, 0.717) is 12.4 Å². The van der Waals surface area contributed by atoms with Crippen LogP contribution in [-0.2, 0) is 21.4 Å². The first-order valence-corrected chi connectivity index (χ1v) is 10.2. The molecular weight excluding hydrogens is 378 g/mol. The molecule has 0 saturated carbocycles. The summed E-state index contributed by atoms with van der Waals surface area (Å²) >= 11 is 0. The van der Waals surface area contributed by atoms with Crippen molar-refractivity contribution in [3.63, 3.8) is 0 Å². The Labute approximate surface area is 163 Å². The minimum Gasteiger partial charge on any atom is -0.489 e. The lowest BCUT2D eigenvalue weighted by Crippen LogP contribution is -2.28. The van der Waals surface area contributed by atoms with Crippen LogP contribution in [0.15, 0.2) is 59.5 Å². The van der Waals surface area contributed by atoms with Crippen LogP contribution < -0.4 is 15.2 Å². The third-order valence-corrected chi connectivity index (χ3v) is 5.60. The van der Waals surface area contributed by atoms with E-state index < -0.39 is 15.9 Å². The predicted octanol–water partition coefficient (Wildman–Crippen LogP) is 2.28. The van der Waals surface area contributed by atoms with Crippen LogP contribution in [0, 0.1) is 6.92 Å². The Morgan fingerprint density at radius 2 is 1.86 bits per heavy atom. The van der Waals surface area contributed by atoms with Gasteiger partial charge in [0.1, 0.15) is 12.4 Å². The Balaban J connectivity index is 1.69. The van der Waals surface area contributed by atoms with Crippen molar-refractivity contribution in [3.05, 3.63) is 65.9 Å². The first-order chi connectivity index (χ1) is 13.3. The quantitative estimate of drug-likeness (QED) is 0.604. The molecule has 1 amide bonds. The first kappa shape index (κ1) is 19.8. The van der Waals surface area contributed by atoms with Gasteiger partial charge >= 0.3 is 0 Å². The number of benzene rings is 2. The van der Waals surface area contributed by atoms with E-state index in [0.717, 1.165) is 22.2 Å². The zero-order chi connectivity index (χ0) is 20.1. The average molecular weight is 399 g/mol. The Morgan fingerprint density at radius 1 is 1.14 bits per heavy atom. The number of ether oxygens (including phenoxy) is 1. The Kier molecular flexibility index (Phi) is 5.91. The second-order valence-corrected chi connectivity index (χ2v) is 8.08. The first-order valence-electron chi connectivity index (χ1n) is 8.71. The summed E-state index contributed by atoms with van der Waals surface area (Å²) in [4.78, 5) is 15.3. The number of carbonyl (C=O) groups excluding carboxylic acids is 1. The van der Waals surface area contributed by atoms with E-state index in [9.17, 15) is 13.2 Å². The third kappa shape index (κ3) is 4.85. The summed E-state index contributed by atoms with van der Waals surface area (Å²) in [6.45, 7) is 2.23. The van der Waals surface area contributed by atoms with Crippen molar-refractivity contribution in [1.29, 1.82) is 0 Å². The summed E-state index contributed by atoms with van der Waals surface area (Å²) < 4.78 is 32.5. The normalized spacial score (nSPS) is 11.5. The number of primary amides is 1. The van der Waals surface area contributed by atoms with Gasteiger partial charge in [-0.2, -0.15) is 0 Å². The highest BCUT2D eigenvalue weighted by Crippen LogP contribution is 2.21. The molecule has 1 heterocycles. The number of amides is 1. The second kappa shape index (κ2) is 8.37. The molecule has 0 aliphatic rings. The number of carbonyl (C=O) groups is 1. The molecule has 1 aromatic heterocycles. The maximum absolute atomic E-state index is 12.2. The fourth-order valence-corrected chi connectivity index (χ4v) is 3.81. The highest BCUT2D eigenvalue weighted by Gasteiger charge is 2.14. The summed E-state index contributed by atoms with van der Waals surface area (Å²) in [5, 5.41) is 1.02. The molecule has 8 heteroatoms. The maximum Gasteiger partial charge on any atom is 0.240 e. The molecule has 3 aromatic rings. The molecule has 0 atom stereocenters. The van der Waals surface area contributed by atoms with Crippen molar-refractivity contribution in [2.75, 3.05) is 6.54 Å². The van der Waals surface area contributed by atoms with Crippen molar-refractivity contribution >= 4 is 26.8 Å². The minimum atomic E-state index is -3.70. The summed E-state index contributed by atoms with van der Waals surface area (Å²) in [5.74, 6) is -0.0139. The van der Waals surface area contributed by atoms with Crippen molar-refractivity contribution in [1.82, 2.24) is 9.71 Å². The Hall–Kier alpha value is -2.97.